The van der Waals surface area contributed by atoms with Crippen molar-refractivity contribution in [3.05, 3.63) is 27.6 Å². The molecule has 0 saturated carbocycles. The maximum Gasteiger partial charge on any atom is 0.344 e. The van der Waals surface area contributed by atoms with Crippen LogP contribution in [0, 0.1) is 0 Å². The molecule has 156 valence electrons. The van der Waals surface area contributed by atoms with E-state index in [1.54, 1.807) is 6.92 Å². The molecule has 29 heavy (non-hydrogen) atoms. The third-order valence-electron chi connectivity index (χ3n) is 3.58. The average molecular weight is 444 g/mol. The molecule has 2 rings (SSSR count). The van der Waals surface area contributed by atoms with E-state index in [2.05, 4.69) is 4.74 Å². The quantitative estimate of drug-likeness (QED) is 0.442. The topological polar surface area (TPSA) is 108 Å². The molecule has 1 aliphatic heterocycles. The molecule has 0 unspecified atom stereocenters. The molecule has 0 N–H and O–H groups in total. The normalized spacial score (nSPS) is 14.9. The molecule has 1 aromatic rings. The Hall–Kier alpha value is -2.72. The molecular formula is C18H18ClNO8S. The van der Waals surface area contributed by atoms with Gasteiger partial charge in [0.15, 0.2) is 18.1 Å². The lowest BCUT2D eigenvalue weighted by Crippen LogP contribution is -2.34. The highest BCUT2D eigenvalue weighted by molar-refractivity contribution is 8.18. The van der Waals surface area contributed by atoms with Gasteiger partial charge in [0.05, 0.1) is 30.8 Å². The number of carbonyl (C=O) groups is 4. The predicted molar refractivity (Wildman–Crippen MR) is 105 cm³/mol. The Labute approximate surface area is 175 Å². The van der Waals surface area contributed by atoms with Gasteiger partial charge in [0, 0.05) is 0 Å². The molecule has 11 heteroatoms. The SMILES string of the molecule is CCOC(=O)COc1c(Cl)cc(C=C2SC(=O)N(CC(=O)OC)C2=O)cc1OC. The zero-order valence-electron chi connectivity index (χ0n) is 15.9. The van der Waals surface area contributed by atoms with Crippen molar-refractivity contribution >= 4 is 52.5 Å². The first-order valence-corrected chi connectivity index (χ1v) is 9.48. The number of rotatable bonds is 8. The van der Waals surface area contributed by atoms with Crippen molar-refractivity contribution < 1.29 is 38.1 Å². The van der Waals surface area contributed by atoms with Gasteiger partial charge in [0.25, 0.3) is 11.1 Å². The Balaban J connectivity index is 2.24. The summed E-state index contributed by atoms with van der Waals surface area (Å²) in [6.07, 6.45) is 1.44. The van der Waals surface area contributed by atoms with Gasteiger partial charge in [-0.05, 0) is 42.5 Å². The molecule has 0 atom stereocenters. The first-order chi connectivity index (χ1) is 13.8. The monoisotopic (exact) mass is 443 g/mol. The maximum atomic E-state index is 12.4. The van der Waals surface area contributed by atoms with E-state index >= 15 is 0 Å². The molecule has 0 bridgehead atoms. The van der Waals surface area contributed by atoms with Crippen LogP contribution >= 0.6 is 23.4 Å². The van der Waals surface area contributed by atoms with E-state index in [0.29, 0.717) is 17.3 Å². The van der Waals surface area contributed by atoms with Crippen LogP contribution in [0.5, 0.6) is 11.5 Å². The summed E-state index contributed by atoms with van der Waals surface area (Å²) in [6, 6.07) is 3.01. The molecule has 0 aliphatic carbocycles. The summed E-state index contributed by atoms with van der Waals surface area (Å²) >= 11 is 6.91. The highest BCUT2D eigenvalue weighted by Crippen LogP contribution is 2.39. The lowest BCUT2D eigenvalue weighted by atomic mass is 10.1. The fraction of sp³-hybridized carbons (Fsp3) is 0.333. The number of carbonyl (C=O) groups excluding carboxylic acids is 4. The van der Waals surface area contributed by atoms with Gasteiger partial charge in [-0.25, -0.2) is 4.79 Å². The highest BCUT2D eigenvalue weighted by atomic mass is 35.5. The summed E-state index contributed by atoms with van der Waals surface area (Å²) in [5.74, 6) is -1.53. The van der Waals surface area contributed by atoms with E-state index in [0.717, 1.165) is 12.0 Å². The Bertz CT molecular complexity index is 870. The van der Waals surface area contributed by atoms with Crippen LogP contribution in [0.15, 0.2) is 17.0 Å². The van der Waals surface area contributed by atoms with E-state index in [9.17, 15) is 19.2 Å². The summed E-state index contributed by atoms with van der Waals surface area (Å²) in [5.41, 5.74) is 0.457. The Morgan fingerprint density at radius 3 is 2.55 bits per heavy atom. The van der Waals surface area contributed by atoms with Crippen LogP contribution in [0.2, 0.25) is 5.02 Å². The number of thioether (sulfide) groups is 1. The summed E-state index contributed by atoms with van der Waals surface area (Å²) < 4.78 is 19.9. The first kappa shape index (κ1) is 22.6. The molecule has 1 fully saturated rings. The van der Waals surface area contributed by atoms with Crippen LogP contribution in [-0.2, 0) is 23.9 Å². The van der Waals surface area contributed by atoms with Gasteiger partial charge in [-0.1, -0.05) is 11.6 Å². The Morgan fingerprint density at radius 2 is 1.93 bits per heavy atom. The minimum Gasteiger partial charge on any atom is -0.493 e. The number of nitrogens with zero attached hydrogens (tertiary/aromatic N) is 1. The van der Waals surface area contributed by atoms with Gasteiger partial charge in [-0.15, -0.1) is 0 Å². The molecule has 1 aliphatic rings. The van der Waals surface area contributed by atoms with Gasteiger partial charge in [-0.2, -0.15) is 0 Å². The third kappa shape index (κ3) is 5.64. The van der Waals surface area contributed by atoms with Gasteiger partial charge in [-0.3, -0.25) is 19.3 Å². The van der Waals surface area contributed by atoms with E-state index in [-0.39, 0.29) is 34.6 Å². The molecule has 0 spiro atoms. The van der Waals surface area contributed by atoms with Gasteiger partial charge in [0.1, 0.15) is 6.54 Å². The summed E-state index contributed by atoms with van der Waals surface area (Å²) in [6.45, 7) is 1.07. The molecule has 1 saturated heterocycles. The zero-order chi connectivity index (χ0) is 21.6. The Kier molecular flexibility index (Phi) is 7.91. The second kappa shape index (κ2) is 10.2. The fourth-order valence-corrected chi connectivity index (χ4v) is 3.39. The molecule has 1 aromatic carbocycles. The largest absolute Gasteiger partial charge is 0.493 e. The third-order valence-corrected chi connectivity index (χ3v) is 4.77. The number of halogens is 1. The minimum atomic E-state index is -0.707. The van der Waals surface area contributed by atoms with E-state index in [1.807, 2.05) is 0 Å². The standard InChI is InChI=1S/C18H18ClNO8S/c1-4-27-15(22)9-28-16-11(19)5-10(6-12(16)25-2)7-13-17(23)20(18(24)29-13)8-14(21)26-3/h5-7H,4,8-9H2,1-3H3. The highest BCUT2D eigenvalue weighted by Gasteiger charge is 2.36. The van der Waals surface area contributed by atoms with Crippen LogP contribution in [0.1, 0.15) is 12.5 Å². The van der Waals surface area contributed by atoms with Crippen LogP contribution in [0.4, 0.5) is 4.79 Å². The molecule has 0 radical (unpaired) electrons. The number of amides is 2. The summed E-state index contributed by atoms with van der Waals surface area (Å²) in [5, 5.41) is -0.451. The fourth-order valence-electron chi connectivity index (χ4n) is 2.28. The van der Waals surface area contributed by atoms with Crippen molar-refractivity contribution in [3.8, 4) is 11.5 Å². The predicted octanol–water partition coefficient (Wildman–Crippen LogP) is 2.50. The number of hydrogen-bond acceptors (Lipinski definition) is 9. The molecule has 0 aromatic heterocycles. The van der Waals surface area contributed by atoms with Crippen molar-refractivity contribution in [2.24, 2.45) is 0 Å². The maximum absolute atomic E-state index is 12.4. The minimum absolute atomic E-state index is 0.109. The number of methoxy groups -OCH3 is 2. The lowest BCUT2D eigenvalue weighted by molar-refractivity contribution is -0.145. The molecule has 2 amide bonds. The van der Waals surface area contributed by atoms with E-state index < -0.39 is 29.6 Å². The van der Waals surface area contributed by atoms with Gasteiger partial charge < -0.3 is 18.9 Å². The Morgan fingerprint density at radius 1 is 1.21 bits per heavy atom. The van der Waals surface area contributed by atoms with E-state index in [4.69, 9.17) is 25.8 Å². The second-order valence-corrected chi connectivity index (χ2v) is 6.87. The van der Waals surface area contributed by atoms with Gasteiger partial charge >= 0.3 is 11.9 Å². The zero-order valence-corrected chi connectivity index (χ0v) is 17.4. The molecule has 9 nitrogen and oxygen atoms in total. The van der Waals surface area contributed by atoms with Crippen LogP contribution < -0.4 is 9.47 Å². The second-order valence-electron chi connectivity index (χ2n) is 5.47. The smallest absolute Gasteiger partial charge is 0.344 e. The molecule has 1 heterocycles. The van der Waals surface area contributed by atoms with Crippen molar-refractivity contribution in [3.63, 3.8) is 0 Å². The van der Waals surface area contributed by atoms with Crippen LogP contribution in [0.25, 0.3) is 6.08 Å². The van der Waals surface area contributed by atoms with Crippen molar-refractivity contribution in [2.45, 2.75) is 6.92 Å². The number of benzene rings is 1. The van der Waals surface area contributed by atoms with Crippen molar-refractivity contribution in [1.82, 2.24) is 4.90 Å². The number of hydrogen-bond donors (Lipinski definition) is 0. The average Bonchev–Trinajstić information content (AvgIpc) is 2.94. The van der Waals surface area contributed by atoms with Crippen LogP contribution in [-0.4, -0.2) is 62.0 Å². The number of imide groups is 1. The first-order valence-electron chi connectivity index (χ1n) is 8.28. The molecular weight excluding hydrogens is 426 g/mol. The van der Waals surface area contributed by atoms with E-state index in [1.165, 1.54) is 25.3 Å². The number of esters is 2. The summed E-state index contributed by atoms with van der Waals surface area (Å²) in [7, 11) is 2.55. The van der Waals surface area contributed by atoms with Crippen LogP contribution in [0.3, 0.4) is 0 Å². The number of ether oxygens (including phenoxy) is 4. The lowest BCUT2D eigenvalue weighted by Gasteiger charge is -2.13. The summed E-state index contributed by atoms with van der Waals surface area (Å²) in [4.78, 5) is 48.1. The van der Waals surface area contributed by atoms with Crippen molar-refractivity contribution in [2.75, 3.05) is 34.0 Å². The van der Waals surface area contributed by atoms with Gasteiger partial charge in [0.2, 0.25) is 0 Å². The van der Waals surface area contributed by atoms with Crippen molar-refractivity contribution in [1.29, 1.82) is 0 Å².